The lowest BCUT2D eigenvalue weighted by atomic mass is 10.1. The van der Waals surface area contributed by atoms with E-state index in [1.54, 1.807) is 11.9 Å². The number of aromatic amines is 1. The number of carbonyl (C=O) groups excluding carboxylic acids is 1. The number of likely N-dealkylation sites (N-methyl/N-ethyl adjacent to an activating group) is 1. The van der Waals surface area contributed by atoms with Gasteiger partial charge in [0.25, 0.3) is 5.91 Å². The normalized spacial score (nSPS) is 16.6. The minimum absolute atomic E-state index is 0.0813. The van der Waals surface area contributed by atoms with Crippen LogP contribution in [0.1, 0.15) is 40.2 Å². The van der Waals surface area contributed by atoms with Crippen molar-refractivity contribution >= 4 is 22.6 Å². The highest BCUT2D eigenvalue weighted by molar-refractivity contribution is 6.04. The highest BCUT2D eigenvalue weighted by Crippen LogP contribution is 2.22. The van der Waals surface area contributed by atoms with Crippen LogP contribution < -0.4 is 0 Å². The number of hydrogen-bond donors (Lipinski definition) is 1. The third-order valence-corrected chi connectivity index (χ3v) is 3.53. The van der Waals surface area contributed by atoms with E-state index in [1.165, 1.54) is 5.39 Å². The van der Waals surface area contributed by atoms with Gasteiger partial charge in [0, 0.05) is 30.6 Å². The molecule has 0 saturated heterocycles. The predicted molar refractivity (Wildman–Crippen MR) is 94.4 cm³/mol. The van der Waals surface area contributed by atoms with Crippen molar-refractivity contribution in [3.63, 3.8) is 0 Å². The van der Waals surface area contributed by atoms with Gasteiger partial charge in [-0.15, -0.1) is 0 Å². The Morgan fingerprint density at radius 1 is 1.18 bits per heavy atom. The summed E-state index contributed by atoms with van der Waals surface area (Å²) in [5.74, 6) is 0.877. The molecule has 4 nitrogen and oxygen atoms in total. The van der Waals surface area contributed by atoms with Gasteiger partial charge in [-0.2, -0.15) is 0 Å². The maximum atomic E-state index is 12.0. The number of para-hydroxylation sites is 1. The number of aliphatic imine (C=N–C) groups is 1. The first-order valence-electron chi connectivity index (χ1n) is 8.04. The van der Waals surface area contributed by atoms with Crippen molar-refractivity contribution < 1.29 is 4.79 Å². The largest absolute Gasteiger partial charge is 0.361 e. The molecule has 0 spiro atoms. The van der Waals surface area contributed by atoms with E-state index in [-0.39, 0.29) is 11.9 Å². The van der Waals surface area contributed by atoms with Crippen LogP contribution in [-0.4, -0.2) is 34.7 Å². The van der Waals surface area contributed by atoms with Crippen LogP contribution in [0.3, 0.4) is 0 Å². The summed E-state index contributed by atoms with van der Waals surface area (Å²) in [6.07, 6.45) is 2.63. The molecule has 1 aromatic heterocycles. The molecule has 4 heteroatoms. The zero-order valence-corrected chi connectivity index (χ0v) is 14.5. The molecule has 0 aliphatic carbocycles. The van der Waals surface area contributed by atoms with Gasteiger partial charge in [-0.1, -0.05) is 45.9 Å². The number of hydrogen-bond acceptors (Lipinski definition) is 2. The van der Waals surface area contributed by atoms with Gasteiger partial charge in [0.2, 0.25) is 0 Å². The fourth-order valence-corrected chi connectivity index (χ4v) is 2.39. The average Bonchev–Trinajstić information content (AvgIpc) is 3.09. The third-order valence-electron chi connectivity index (χ3n) is 3.53. The smallest absolute Gasteiger partial charge is 0.252 e. The highest BCUT2D eigenvalue weighted by Gasteiger charge is 2.30. The molecule has 120 valence electrons. The zero-order chi connectivity index (χ0) is 16.7. The first kappa shape index (κ1) is 18.0. The Kier molecular flexibility index (Phi) is 6.83. The van der Waals surface area contributed by atoms with Crippen molar-refractivity contribution in [2.75, 3.05) is 7.05 Å². The van der Waals surface area contributed by atoms with E-state index in [2.05, 4.69) is 16.0 Å². The van der Waals surface area contributed by atoms with Crippen LogP contribution in [0.15, 0.2) is 35.5 Å². The van der Waals surface area contributed by atoms with E-state index in [9.17, 15) is 4.79 Å². The zero-order valence-electron chi connectivity index (χ0n) is 14.5. The van der Waals surface area contributed by atoms with Crippen LogP contribution in [0, 0.1) is 0 Å². The second kappa shape index (κ2) is 8.37. The number of carbonyl (C=O) groups is 1. The van der Waals surface area contributed by atoms with Gasteiger partial charge in [0.1, 0.15) is 11.9 Å². The number of aromatic nitrogens is 1. The summed E-state index contributed by atoms with van der Waals surface area (Å²) in [5, 5.41) is 1.17. The lowest BCUT2D eigenvalue weighted by molar-refractivity contribution is -0.126. The third kappa shape index (κ3) is 3.56. The number of amidine groups is 1. The lowest BCUT2D eigenvalue weighted by Crippen LogP contribution is -2.31. The fourth-order valence-electron chi connectivity index (χ4n) is 2.39. The number of fused-ring (bicyclic) bond motifs is 1. The molecule has 1 amide bonds. The van der Waals surface area contributed by atoms with Crippen molar-refractivity contribution in [3.8, 4) is 0 Å². The Morgan fingerprint density at radius 3 is 2.41 bits per heavy atom. The highest BCUT2D eigenvalue weighted by atomic mass is 16.2. The van der Waals surface area contributed by atoms with Crippen molar-refractivity contribution in [2.45, 2.75) is 47.1 Å². The molecule has 1 atom stereocenters. The van der Waals surface area contributed by atoms with Crippen molar-refractivity contribution in [2.24, 2.45) is 4.99 Å². The number of rotatable bonds is 2. The molecule has 1 N–H and O–H groups in total. The van der Waals surface area contributed by atoms with Crippen molar-refractivity contribution in [1.82, 2.24) is 9.88 Å². The molecule has 0 saturated carbocycles. The van der Waals surface area contributed by atoms with E-state index in [1.807, 2.05) is 59.0 Å². The number of benzene rings is 1. The molecular formula is C18H27N3O. The number of H-pyrrole nitrogens is 1. The van der Waals surface area contributed by atoms with Gasteiger partial charge in [-0.25, -0.2) is 0 Å². The molecule has 22 heavy (non-hydrogen) atoms. The quantitative estimate of drug-likeness (QED) is 0.894. The van der Waals surface area contributed by atoms with Crippen LogP contribution in [0.2, 0.25) is 0 Å². The second-order valence-corrected chi connectivity index (χ2v) is 4.65. The Bertz CT molecular complexity index is 643. The maximum Gasteiger partial charge on any atom is 0.252 e. The summed E-state index contributed by atoms with van der Waals surface area (Å²) in [5.41, 5.74) is 2.25. The van der Waals surface area contributed by atoms with Crippen LogP contribution in [0.4, 0.5) is 0 Å². The maximum absolute atomic E-state index is 12.0. The number of nitrogens with one attached hydrogen (secondary N) is 1. The summed E-state index contributed by atoms with van der Waals surface area (Å²) in [6, 6.07) is 7.85. The van der Waals surface area contributed by atoms with Gasteiger partial charge in [0.05, 0.1) is 0 Å². The summed E-state index contributed by atoms with van der Waals surface area (Å²) < 4.78 is 0. The van der Waals surface area contributed by atoms with Crippen LogP contribution in [0.5, 0.6) is 0 Å². The average molecular weight is 301 g/mol. The first-order chi connectivity index (χ1) is 10.7. The topological polar surface area (TPSA) is 48.5 Å². The van der Waals surface area contributed by atoms with Crippen molar-refractivity contribution in [1.29, 1.82) is 0 Å². The molecule has 1 aliphatic rings. The molecule has 1 aromatic carbocycles. The van der Waals surface area contributed by atoms with Gasteiger partial charge in [-0.05, 0) is 18.6 Å². The molecule has 2 aromatic rings. The van der Waals surface area contributed by atoms with E-state index >= 15 is 0 Å². The molecule has 2 heterocycles. The second-order valence-electron chi connectivity index (χ2n) is 4.65. The van der Waals surface area contributed by atoms with E-state index in [0.29, 0.717) is 6.42 Å². The van der Waals surface area contributed by atoms with E-state index < -0.39 is 0 Å². The summed E-state index contributed by atoms with van der Waals surface area (Å²) in [7, 11) is 1.77. The Morgan fingerprint density at radius 2 is 1.82 bits per heavy atom. The van der Waals surface area contributed by atoms with E-state index in [0.717, 1.165) is 16.9 Å². The number of amides is 1. The predicted octanol–water partition coefficient (Wildman–Crippen LogP) is 4.02. The van der Waals surface area contributed by atoms with E-state index in [4.69, 9.17) is 0 Å². The van der Waals surface area contributed by atoms with Crippen LogP contribution in [0.25, 0.3) is 10.9 Å². The lowest BCUT2D eigenvalue weighted by Gasteiger charge is -2.09. The molecule has 0 fully saturated rings. The van der Waals surface area contributed by atoms with Crippen LogP contribution >= 0.6 is 0 Å². The minimum atomic E-state index is -0.269. The molecule has 1 aliphatic heterocycles. The Labute approximate surface area is 133 Å². The number of nitrogens with zero attached hydrogens (tertiary/aromatic N) is 2. The van der Waals surface area contributed by atoms with Gasteiger partial charge in [-0.3, -0.25) is 9.79 Å². The molecule has 0 radical (unpaired) electrons. The van der Waals surface area contributed by atoms with Gasteiger partial charge in [0.15, 0.2) is 0 Å². The van der Waals surface area contributed by atoms with Gasteiger partial charge < -0.3 is 9.88 Å². The fraction of sp³-hybridized carbons (Fsp3) is 0.444. The van der Waals surface area contributed by atoms with Crippen LogP contribution in [-0.2, 0) is 11.2 Å². The Balaban J connectivity index is 0.000000561. The minimum Gasteiger partial charge on any atom is -0.361 e. The molecule has 1 unspecified atom stereocenters. The van der Waals surface area contributed by atoms with Crippen molar-refractivity contribution in [3.05, 3.63) is 36.0 Å². The summed E-state index contributed by atoms with van der Waals surface area (Å²) in [6.45, 7) is 9.87. The summed E-state index contributed by atoms with van der Waals surface area (Å²) >= 11 is 0. The molecule has 0 bridgehead atoms. The van der Waals surface area contributed by atoms with Gasteiger partial charge >= 0.3 is 0 Å². The summed E-state index contributed by atoms with van der Waals surface area (Å²) in [4.78, 5) is 21.2. The first-order valence-corrected chi connectivity index (χ1v) is 8.04. The molecular weight excluding hydrogens is 274 g/mol. The SMILES string of the molecule is CC.CC.CC1=NC(Cc2c[nH]c3ccccc23)C(=O)N1C. The molecule has 3 rings (SSSR count). The standard InChI is InChI=1S/C14H15N3O.2C2H6/c1-9-16-13(14(18)17(9)2)7-10-8-15-12-6-4-3-5-11(10)12;2*1-2/h3-6,8,13,15H,7H2,1-2H3;2*1-2H3. The monoisotopic (exact) mass is 301 g/mol. The Hall–Kier alpha value is -2.10.